The Bertz CT molecular complexity index is 832. The molecule has 1 atom stereocenters. The molecule has 3 rings (SSSR count). The van der Waals surface area contributed by atoms with Crippen molar-refractivity contribution >= 4 is 0 Å². The summed E-state index contributed by atoms with van der Waals surface area (Å²) < 4.78 is 7.00. The lowest BCUT2D eigenvalue weighted by Gasteiger charge is -2.05. The van der Waals surface area contributed by atoms with Crippen LogP contribution in [0.4, 0.5) is 0 Å². The van der Waals surface area contributed by atoms with E-state index >= 15 is 0 Å². The van der Waals surface area contributed by atoms with Gasteiger partial charge in [0.25, 0.3) is 11.4 Å². The zero-order chi connectivity index (χ0) is 16.4. The molecule has 0 aliphatic rings. The van der Waals surface area contributed by atoms with Crippen LogP contribution in [-0.4, -0.2) is 24.9 Å². The summed E-state index contributed by atoms with van der Waals surface area (Å²) in [7, 11) is 0. The Morgan fingerprint density at radius 3 is 2.78 bits per heavy atom. The van der Waals surface area contributed by atoms with Gasteiger partial charge in [0.2, 0.25) is 5.82 Å². The van der Waals surface area contributed by atoms with Gasteiger partial charge in [-0.2, -0.15) is 10.1 Å². The first-order valence-corrected chi connectivity index (χ1v) is 7.60. The van der Waals surface area contributed by atoms with Gasteiger partial charge in [0.15, 0.2) is 0 Å². The molecule has 3 aromatic rings. The predicted octanol–water partition coefficient (Wildman–Crippen LogP) is 2.43. The number of aromatic nitrogens is 5. The summed E-state index contributed by atoms with van der Waals surface area (Å²) in [4.78, 5) is 19.4. The minimum absolute atomic E-state index is 0.189. The highest BCUT2D eigenvalue weighted by atomic mass is 16.5. The SMILES string of the molecule is CC(C)Cc1ccc(-c2noc(C(C)n3cccn3)n2)c(=O)[nH]1. The van der Waals surface area contributed by atoms with E-state index in [-0.39, 0.29) is 17.4 Å². The van der Waals surface area contributed by atoms with E-state index in [9.17, 15) is 4.79 Å². The fourth-order valence-corrected chi connectivity index (χ4v) is 2.39. The second-order valence-electron chi connectivity index (χ2n) is 5.94. The van der Waals surface area contributed by atoms with Crippen LogP contribution >= 0.6 is 0 Å². The Balaban J connectivity index is 1.87. The molecule has 1 N–H and O–H groups in total. The van der Waals surface area contributed by atoms with Gasteiger partial charge in [-0.1, -0.05) is 19.0 Å². The molecule has 120 valence electrons. The minimum atomic E-state index is -0.206. The van der Waals surface area contributed by atoms with Crippen LogP contribution in [0.15, 0.2) is 39.9 Å². The summed E-state index contributed by atoms with van der Waals surface area (Å²) in [5.74, 6) is 1.17. The van der Waals surface area contributed by atoms with Crippen molar-refractivity contribution in [2.75, 3.05) is 0 Å². The van der Waals surface area contributed by atoms with Crippen molar-refractivity contribution in [1.29, 1.82) is 0 Å². The summed E-state index contributed by atoms with van der Waals surface area (Å²) >= 11 is 0. The number of rotatable bonds is 5. The van der Waals surface area contributed by atoms with E-state index in [1.165, 1.54) is 0 Å². The number of nitrogens with zero attached hydrogens (tertiary/aromatic N) is 4. The predicted molar refractivity (Wildman–Crippen MR) is 84.9 cm³/mol. The maximum atomic E-state index is 12.2. The van der Waals surface area contributed by atoms with Crippen molar-refractivity contribution in [1.82, 2.24) is 24.9 Å². The van der Waals surface area contributed by atoms with Crippen LogP contribution < -0.4 is 5.56 Å². The zero-order valence-corrected chi connectivity index (χ0v) is 13.4. The molecule has 0 aromatic carbocycles. The van der Waals surface area contributed by atoms with Gasteiger partial charge in [-0.15, -0.1) is 0 Å². The molecule has 3 aromatic heterocycles. The maximum absolute atomic E-state index is 12.2. The van der Waals surface area contributed by atoms with Gasteiger partial charge < -0.3 is 9.51 Å². The molecule has 0 spiro atoms. The van der Waals surface area contributed by atoms with Crippen molar-refractivity contribution < 1.29 is 4.52 Å². The van der Waals surface area contributed by atoms with Gasteiger partial charge in [-0.25, -0.2) is 0 Å². The van der Waals surface area contributed by atoms with Gasteiger partial charge in [0, 0.05) is 18.1 Å². The average Bonchev–Trinajstić information content (AvgIpc) is 3.18. The standard InChI is InChI=1S/C16H19N5O2/c1-10(2)9-12-5-6-13(15(22)18-12)14-19-16(23-20-14)11(3)21-8-4-7-17-21/h4-8,10-11H,9H2,1-3H3,(H,18,22). The molecular weight excluding hydrogens is 294 g/mol. The summed E-state index contributed by atoms with van der Waals surface area (Å²) in [5, 5.41) is 8.07. The third-order valence-electron chi connectivity index (χ3n) is 3.56. The molecule has 0 saturated carbocycles. The van der Waals surface area contributed by atoms with E-state index in [4.69, 9.17) is 4.52 Å². The van der Waals surface area contributed by atoms with Crippen LogP contribution in [0.5, 0.6) is 0 Å². The van der Waals surface area contributed by atoms with Crippen molar-refractivity contribution in [3.8, 4) is 11.4 Å². The number of aromatic amines is 1. The van der Waals surface area contributed by atoms with E-state index < -0.39 is 0 Å². The highest BCUT2D eigenvalue weighted by Gasteiger charge is 2.18. The van der Waals surface area contributed by atoms with E-state index in [2.05, 4.69) is 34.1 Å². The van der Waals surface area contributed by atoms with Gasteiger partial charge in [0.05, 0.1) is 5.56 Å². The van der Waals surface area contributed by atoms with Crippen LogP contribution in [-0.2, 0) is 6.42 Å². The molecular formula is C16H19N5O2. The molecule has 7 nitrogen and oxygen atoms in total. The number of hydrogen-bond donors (Lipinski definition) is 1. The van der Waals surface area contributed by atoms with E-state index in [0.29, 0.717) is 17.4 Å². The summed E-state index contributed by atoms with van der Waals surface area (Å²) in [6.45, 7) is 6.11. The lowest BCUT2D eigenvalue weighted by atomic mass is 10.1. The van der Waals surface area contributed by atoms with Crippen LogP contribution in [0.2, 0.25) is 0 Å². The molecule has 0 aliphatic heterocycles. The van der Waals surface area contributed by atoms with Gasteiger partial charge >= 0.3 is 0 Å². The summed E-state index contributed by atoms with van der Waals surface area (Å²) in [5.41, 5.74) is 1.10. The maximum Gasteiger partial charge on any atom is 0.259 e. The normalized spacial score (nSPS) is 12.7. The summed E-state index contributed by atoms with van der Waals surface area (Å²) in [6, 6.07) is 5.27. The first-order valence-electron chi connectivity index (χ1n) is 7.60. The van der Waals surface area contributed by atoms with Crippen LogP contribution in [0.25, 0.3) is 11.4 Å². The Kier molecular flexibility index (Phi) is 4.10. The molecule has 3 heterocycles. The fraction of sp³-hybridized carbons (Fsp3) is 0.375. The smallest absolute Gasteiger partial charge is 0.259 e. The van der Waals surface area contributed by atoms with Crippen molar-refractivity contribution in [3.63, 3.8) is 0 Å². The topological polar surface area (TPSA) is 89.6 Å². The highest BCUT2D eigenvalue weighted by molar-refractivity contribution is 5.52. The van der Waals surface area contributed by atoms with Crippen LogP contribution in [0.1, 0.15) is 38.4 Å². The fourth-order valence-electron chi connectivity index (χ4n) is 2.39. The zero-order valence-electron chi connectivity index (χ0n) is 13.4. The molecule has 1 unspecified atom stereocenters. The van der Waals surface area contributed by atoms with E-state index in [1.807, 2.05) is 25.3 Å². The lowest BCUT2D eigenvalue weighted by molar-refractivity contribution is 0.336. The number of nitrogens with one attached hydrogen (secondary N) is 1. The summed E-state index contributed by atoms with van der Waals surface area (Å²) in [6.07, 6.45) is 4.33. The average molecular weight is 313 g/mol. The van der Waals surface area contributed by atoms with Gasteiger partial charge in [-0.05, 0) is 37.5 Å². The molecule has 0 fully saturated rings. The molecule has 7 heteroatoms. The number of pyridine rings is 1. The van der Waals surface area contributed by atoms with E-state index in [0.717, 1.165) is 12.1 Å². The highest BCUT2D eigenvalue weighted by Crippen LogP contribution is 2.18. The number of H-pyrrole nitrogens is 1. The van der Waals surface area contributed by atoms with Gasteiger partial charge in [-0.3, -0.25) is 9.48 Å². The van der Waals surface area contributed by atoms with Crippen molar-refractivity contribution in [2.24, 2.45) is 5.92 Å². The Morgan fingerprint density at radius 2 is 2.13 bits per heavy atom. The Morgan fingerprint density at radius 1 is 1.30 bits per heavy atom. The number of hydrogen-bond acceptors (Lipinski definition) is 5. The third-order valence-corrected chi connectivity index (χ3v) is 3.56. The van der Waals surface area contributed by atoms with Crippen molar-refractivity contribution in [2.45, 2.75) is 33.2 Å². The monoisotopic (exact) mass is 313 g/mol. The molecule has 0 bridgehead atoms. The van der Waals surface area contributed by atoms with Crippen molar-refractivity contribution in [3.05, 3.63) is 52.5 Å². The Labute approximate surface area is 133 Å². The lowest BCUT2D eigenvalue weighted by Crippen LogP contribution is -2.13. The molecule has 0 amide bonds. The first-order chi connectivity index (χ1) is 11.0. The third kappa shape index (κ3) is 3.23. The second-order valence-corrected chi connectivity index (χ2v) is 5.94. The second kappa shape index (κ2) is 6.20. The molecule has 23 heavy (non-hydrogen) atoms. The largest absolute Gasteiger partial charge is 0.337 e. The molecule has 0 aliphatic carbocycles. The molecule has 0 radical (unpaired) electrons. The van der Waals surface area contributed by atoms with Gasteiger partial charge in [0.1, 0.15) is 6.04 Å². The quantitative estimate of drug-likeness (QED) is 0.781. The van der Waals surface area contributed by atoms with Crippen LogP contribution in [0.3, 0.4) is 0 Å². The minimum Gasteiger partial charge on any atom is -0.337 e. The first kappa shape index (κ1) is 15.2. The van der Waals surface area contributed by atoms with Crippen LogP contribution in [0, 0.1) is 5.92 Å². The molecule has 0 saturated heterocycles. The van der Waals surface area contributed by atoms with E-state index in [1.54, 1.807) is 16.9 Å². The Hall–Kier alpha value is -2.70.